The highest BCUT2D eigenvalue weighted by Crippen LogP contribution is 2.32. The number of hydrogen-bond donors (Lipinski definition) is 0. The molecule has 0 saturated carbocycles. The number of carbonyl (C=O) groups excluding carboxylic acids is 2. The van der Waals surface area contributed by atoms with Crippen LogP contribution in [0.1, 0.15) is 67.9 Å². The zero-order valence-corrected chi connectivity index (χ0v) is 31.3. The number of anilines is 1. The first-order valence-corrected chi connectivity index (χ1v) is 18.6. The monoisotopic (exact) mass is 727 g/mol. The number of piperazine rings is 1. The third-order valence-corrected chi connectivity index (χ3v) is 9.34. The molecule has 0 spiro atoms. The zero-order chi connectivity index (χ0) is 38.2. The van der Waals surface area contributed by atoms with Crippen LogP contribution < -0.4 is 9.64 Å². The van der Waals surface area contributed by atoms with Crippen LogP contribution in [0.5, 0.6) is 5.75 Å². The van der Waals surface area contributed by atoms with Gasteiger partial charge in [-0.3, -0.25) is 9.59 Å². The van der Waals surface area contributed by atoms with Crippen LogP contribution in [0.15, 0.2) is 109 Å². The van der Waals surface area contributed by atoms with E-state index in [1.807, 2.05) is 80.6 Å². The Bertz CT molecular complexity index is 1750. The average molecular weight is 728 g/mol. The van der Waals surface area contributed by atoms with Crippen molar-refractivity contribution in [2.75, 3.05) is 38.2 Å². The van der Waals surface area contributed by atoms with Crippen molar-refractivity contribution in [3.8, 4) is 5.75 Å². The molecule has 9 heteroatoms. The summed E-state index contributed by atoms with van der Waals surface area (Å²) in [6.45, 7) is 8.37. The maximum Gasteiger partial charge on any atom is 0.416 e. The topological polar surface area (TPSA) is 53.1 Å². The van der Waals surface area contributed by atoms with Crippen LogP contribution >= 0.6 is 0 Å². The molecule has 2 amide bonds. The number of halogens is 3. The standard InChI is InChI=1S/C42H46F3N3O3.C2H6/c1-3-4-6-12-32-19-21-34(22-20-32)31-48(40(49)24-23-35-15-9-10-18-38(35)42(43,44)45)39(29-33-13-7-5-8-14-33)41(50)47-27-25-46(26-28-47)36-16-11-17-37(30-36)51-2;1-2/h5,7-11,13-24,30,39H,3-4,6,12,25-29,31H2,1-2H3;1-2H3/b24-23+;/t39-;/m0./s1. The number of rotatable bonds is 14. The molecule has 1 atom stereocenters. The Morgan fingerprint density at radius 1 is 0.811 bits per heavy atom. The van der Waals surface area contributed by atoms with Crippen LogP contribution in [0.2, 0.25) is 0 Å². The summed E-state index contributed by atoms with van der Waals surface area (Å²) < 4.78 is 46.8. The maximum absolute atomic E-state index is 14.6. The summed E-state index contributed by atoms with van der Waals surface area (Å²) in [7, 11) is 1.63. The third kappa shape index (κ3) is 11.7. The van der Waals surface area contributed by atoms with E-state index in [2.05, 4.69) is 24.0 Å². The summed E-state index contributed by atoms with van der Waals surface area (Å²) in [4.78, 5) is 34.3. The summed E-state index contributed by atoms with van der Waals surface area (Å²) in [6, 6.07) is 29.6. The first-order valence-electron chi connectivity index (χ1n) is 18.6. The Balaban J connectivity index is 0.00000308. The molecule has 5 rings (SSSR count). The molecule has 1 aliphatic heterocycles. The SMILES string of the molecule is CC.CCCCCc1ccc(CN(C(=O)/C=C/c2ccccc2C(F)(F)F)[C@@H](Cc2ccccc2)C(=O)N2CCN(c3cccc(OC)c3)CC2)cc1. The van der Waals surface area contributed by atoms with Gasteiger partial charge in [-0.25, -0.2) is 0 Å². The van der Waals surface area contributed by atoms with E-state index < -0.39 is 23.7 Å². The van der Waals surface area contributed by atoms with Gasteiger partial charge >= 0.3 is 6.18 Å². The highest BCUT2D eigenvalue weighted by atomic mass is 19.4. The van der Waals surface area contributed by atoms with Gasteiger partial charge in [-0.2, -0.15) is 13.2 Å². The minimum absolute atomic E-state index is 0.116. The molecule has 1 heterocycles. The molecule has 53 heavy (non-hydrogen) atoms. The third-order valence-electron chi connectivity index (χ3n) is 9.34. The number of hydrogen-bond acceptors (Lipinski definition) is 4. The van der Waals surface area contributed by atoms with E-state index in [0.717, 1.165) is 60.4 Å². The number of unbranched alkanes of at least 4 members (excludes halogenated alkanes) is 2. The number of benzene rings is 4. The Kier molecular flexibility index (Phi) is 15.6. The summed E-state index contributed by atoms with van der Waals surface area (Å²) in [5.74, 6) is 0.0176. The zero-order valence-electron chi connectivity index (χ0n) is 31.3. The Morgan fingerprint density at radius 3 is 2.13 bits per heavy atom. The molecule has 1 fully saturated rings. The number of ether oxygens (including phenoxy) is 1. The molecular formula is C44H52F3N3O3. The van der Waals surface area contributed by atoms with Gasteiger partial charge in [0.05, 0.1) is 12.7 Å². The van der Waals surface area contributed by atoms with Gasteiger partial charge in [0.2, 0.25) is 11.8 Å². The van der Waals surface area contributed by atoms with E-state index in [4.69, 9.17) is 4.74 Å². The number of aryl methyl sites for hydroxylation is 1. The summed E-state index contributed by atoms with van der Waals surface area (Å²) >= 11 is 0. The summed E-state index contributed by atoms with van der Waals surface area (Å²) in [5.41, 5.74) is 2.96. The largest absolute Gasteiger partial charge is 0.497 e. The first kappa shape index (κ1) is 40.7. The fraction of sp³-hybridized carbons (Fsp3) is 0.364. The molecule has 1 aliphatic rings. The van der Waals surface area contributed by atoms with Gasteiger partial charge in [-0.15, -0.1) is 0 Å². The van der Waals surface area contributed by atoms with Crippen molar-refractivity contribution in [1.82, 2.24) is 9.80 Å². The minimum Gasteiger partial charge on any atom is -0.497 e. The predicted octanol–water partition coefficient (Wildman–Crippen LogP) is 9.48. The molecule has 0 bridgehead atoms. The lowest BCUT2D eigenvalue weighted by Gasteiger charge is -2.40. The number of amides is 2. The molecule has 0 N–H and O–H groups in total. The van der Waals surface area contributed by atoms with E-state index >= 15 is 0 Å². The normalized spacial score (nSPS) is 13.6. The summed E-state index contributed by atoms with van der Waals surface area (Å²) in [5, 5.41) is 0. The van der Waals surface area contributed by atoms with Crippen LogP contribution in [-0.4, -0.2) is 60.9 Å². The smallest absolute Gasteiger partial charge is 0.416 e. The van der Waals surface area contributed by atoms with E-state index in [1.54, 1.807) is 12.0 Å². The fourth-order valence-corrected chi connectivity index (χ4v) is 6.46. The van der Waals surface area contributed by atoms with Crippen LogP contribution in [-0.2, 0) is 35.2 Å². The highest BCUT2D eigenvalue weighted by molar-refractivity contribution is 5.96. The highest BCUT2D eigenvalue weighted by Gasteiger charge is 2.35. The Hall–Kier alpha value is -5.05. The van der Waals surface area contributed by atoms with Gasteiger partial charge in [0, 0.05) is 57.0 Å². The van der Waals surface area contributed by atoms with E-state index in [0.29, 0.717) is 26.2 Å². The lowest BCUT2D eigenvalue weighted by atomic mass is 10.0. The van der Waals surface area contributed by atoms with Crippen LogP contribution in [0.25, 0.3) is 6.08 Å². The van der Waals surface area contributed by atoms with Crippen molar-refractivity contribution < 1.29 is 27.5 Å². The van der Waals surface area contributed by atoms with Crippen molar-refractivity contribution >= 4 is 23.6 Å². The summed E-state index contributed by atoms with van der Waals surface area (Å²) in [6.07, 6.45) is 2.35. The number of alkyl halides is 3. The second-order valence-corrected chi connectivity index (χ2v) is 12.9. The average Bonchev–Trinajstić information content (AvgIpc) is 3.19. The Labute approximate surface area is 312 Å². The van der Waals surface area contributed by atoms with Crippen molar-refractivity contribution in [3.05, 3.63) is 137 Å². The molecule has 0 aliphatic carbocycles. The first-order chi connectivity index (χ1) is 25.7. The fourth-order valence-electron chi connectivity index (χ4n) is 6.46. The van der Waals surface area contributed by atoms with Gasteiger partial charge in [-0.05, 0) is 59.4 Å². The van der Waals surface area contributed by atoms with Gasteiger partial charge in [0.25, 0.3) is 0 Å². The van der Waals surface area contributed by atoms with Crippen LogP contribution in [0.3, 0.4) is 0 Å². The molecule has 0 unspecified atom stereocenters. The number of nitrogens with zero attached hydrogens (tertiary/aromatic N) is 3. The molecule has 4 aromatic rings. The second-order valence-electron chi connectivity index (χ2n) is 12.9. The molecule has 1 saturated heterocycles. The van der Waals surface area contributed by atoms with Crippen molar-refractivity contribution in [1.29, 1.82) is 0 Å². The second kappa shape index (κ2) is 20.3. The quantitative estimate of drug-likeness (QED) is 0.0960. The molecule has 6 nitrogen and oxygen atoms in total. The number of carbonyl (C=O) groups is 2. The van der Waals surface area contributed by atoms with Gasteiger partial charge in [0.15, 0.2) is 0 Å². The molecule has 0 radical (unpaired) electrons. The lowest BCUT2D eigenvalue weighted by molar-refractivity contribution is -0.144. The van der Waals surface area contributed by atoms with Crippen molar-refractivity contribution in [2.45, 2.75) is 71.6 Å². The van der Waals surface area contributed by atoms with E-state index in [1.165, 1.54) is 34.7 Å². The van der Waals surface area contributed by atoms with Crippen LogP contribution in [0.4, 0.5) is 18.9 Å². The Morgan fingerprint density at radius 2 is 1.47 bits per heavy atom. The molecular weight excluding hydrogens is 675 g/mol. The van der Waals surface area contributed by atoms with E-state index in [9.17, 15) is 22.8 Å². The van der Waals surface area contributed by atoms with Crippen LogP contribution in [0, 0.1) is 0 Å². The van der Waals surface area contributed by atoms with Gasteiger partial charge in [-0.1, -0.05) is 112 Å². The molecule has 4 aromatic carbocycles. The lowest BCUT2D eigenvalue weighted by Crippen LogP contribution is -2.56. The molecule has 282 valence electrons. The number of methoxy groups -OCH3 is 1. The van der Waals surface area contributed by atoms with Gasteiger partial charge in [0.1, 0.15) is 11.8 Å². The van der Waals surface area contributed by atoms with Crippen molar-refractivity contribution in [2.24, 2.45) is 0 Å². The minimum atomic E-state index is -4.58. The van der Waals surface area contributed by atoms with Gasteiger partial charge < -0.3 is 19.4 Å². The molecule has 0 aromatic heterocycles. The van der Waals surface area contributed by atoms with Crippen molar-refractivity contribution in [3.63, 3.8) is 0 Å². The maximum atomic E-state index is 14.6. The van der Waals surface area contributed by atoms with E-state index in [-0.39, 0.29) is 24.4 Å². The predicted molar refractivity (Wildman–Crippen MR) is 208 cm³/mol.